The van der Waals surface area contributed by atoms with Gasteiger partial charge in [0.1, 0.15) is 0 Å². The van der Waals surface area contributed by atoms with Crippen LogP contribution in [0, 0.1) is 0 Å². The molecular weight excluding hydrogens is 166 g/mol. The van der Waals surface area contributed by atoms with Gasteiger partial charge in [0.05, 0.1) is 5.69 Å². The minimum absolute atomic E-state index is 0.196. The number of nitrogens with zero attached hydrogens (tertiary/aromatic N) is 4. The zero-order valence-corrected chi connectivity index (χ0v) is 8.44. The molecule has 0 bridgehead atoms. The molecule has 13 heavy (non-hydrogen) atoms. The van der Waals surface area contributed by atoms with Crippen LogP contribution >= 0.6 is 0 Å². The predicted molar refractivity (Wildman–Crippen MR) is 51.0 cm³/mol. The molecule has 0 fully saturated rings. The van der Waals surface area contributed by atoms with Crippen molar-refractivity contribution < 1.29 is 0 Å². The SMILES string of the molecule is CC(N)CN(C)Cc1cn(C)nn1. The molecule has 1 aromatic rings. The Hall–Kier alpha value is -0.940. The van der Waals surface area contributed by atoms with Crippen LogP contribution in [0.15, 0.2) is 6.20 Å². The monoisotopic (exact) mass is 183 g/mol. The van der Waals surface area contributed by atoms with Gasteiger partial charge in [0.2, 0.25) is 0 Å². The molecule has 0 aliphatic heterocycles. The van der Waals surface area contributed by atoms with Crippen LogP contribution in [-0.2, 0) is 13.6 Å². The second-order valence-electron chi connectivity index (χ2n) is 3.56. The molecule has 1 aromatic heterocycles. The summed E-state index contributed by atoms with van der Waals surface area (Å²) in [6, 6.07) is 0.196. The Morgan fingerprint density at radius 3 is 2.85 bits per heavy atom. The third-order valence-electron chi connectivity index (χ3n) is 1.68. The van der Waals surface area contributed by atoms with Crippen LogP contribution in [0.2, 0.25) is 0 Å². The fourth-order valence-corrected chi connectivity index (χ4v) is 1.30. The molecule has 1 unspecified atom stereocenters. The highest BCUT2D eigenvalue weighted by Gasteiger charge is 2.05. The molecule has 5 nitrogen and oxygen atoms in total. The summed E-state index contributed by atoms with van der Waals surface area (Å²) in [7, 11) is 3.89. The second kappa shape index (κ2) is 4.34. The first-order valence-electron chi connectivity index (χ1n) is 4.37. The first-order chi connectivity index (χ1) is 6.08. The van der Waals surface area contributed by atoms with E-state index in [1.165, 1.54) is 0 Å². The Morgan fingerprint density at radius 2 is 2.38 bits per heavy atom. The number of aryl methyl sites for hydroxylation is 1. The number of hydrogen-bond acceptors (Lipinski definition) is 4. The van der Waals surface area contributed by atoms with Gasteiger partial charge >= 0.3 is 0 Å². The highest BCUT2D eigenvalue weighted by Crippen LogP contribution is 1.97. The van der Waals surface area contributed by atoms with Crippen LogP contribution in [0.4, 0.5) is 0 Å². The first kappa shape index (κ1) is 10.1. The summed E-state index contributed by atoms with van der Waals surface area (Å²) >= 11 is 0. The molecule has 74 valence electrons. The van der Waals surface area contributed by atoms with Gasteiger partial charge in [-0.25, -0.2) is 0 Å². The molecule has 1 rings (SSSR count). The highest BCUT2D eigenvalue weighted by atomic mass is 15.4. The minimum atomic E-state index is 0.196. The largest absolute Gasteiger partial charge is 0.327 e. The number of aromatic nitrogens is 3. The van der Waals surface area contributed by atoms with Crippen molar-refractivity contribution in [2.75, 3.05) is 13.6 Å². The third kappa shape index (κ3) is 3.52. The zero-order valence-electron chi connectivity index (χ0n) is 8.44. The molecule has 0 radical (unpaired) electrons. The maximum absolute atomic E-state index is 5.67. The minimum Gasteiger partial charge on any atom is -0.327 e. The van der Waals surface area contributed by atoms with Gasteiger partial charge in [0, 0.05) is 32.4 Å². The van der Waals surface area contributed by atoms with Crippen molar-refractivity contribution in [2.45, 2.75) is 19.5 Å². The fourth-order valence-electron chi connectivity index (χ4n) is 1.30. The maximum atomic E-state index is 5.67. The summed E-state index contributed by atoms with van der Waals surface area (Å²) in [5.41, 5.74) is 6.65. The summed E-state index contributed by atoms with van der Waals surface area (Å²) in [6.07, 6.45) is 1.91. The Morgan fingerprint density at radius 1 is 1.69 bits per heavy atom. The van der Waals surface area contributed by atoms with E-state index in [0.29, 0.717) is 0 Å². The normalized spacial score (nSPS) is 13.6. The Bertz CT molecular complexity index is 255. The second-order valence-corrected chi connectivity index (χ2v) is 3.56. The van der Waals surface area contributed by atoms with Crippen molar-refractivity contribution in [3.63, 3.8) is 0 Å². The molecule has 0 saturated heterocycles. The molecule has 0 aliphatic carbocycles. The van der Waals surface area contributed by atoms with Crippen molar-refractivity contribution in [3.8, 4) is 0 Å². The Labute approximate surface area is 78.5 Å². The fraction of sp³-hybridized carbons (Fsp3) is 0.750. The standard InChI is InChI=1S/C8H17N5/c1-7(9)4-12(2)5-8-6-13(3)11-10-8/h6-7H,4-5,9H2,1-3H3. The van der Waals surface area contributed by atoms with Crippen LogP contribution in [-0.4, -0.2) is 39.5 Å². The van der Waals surface area contributed by atoms with Crippen LogP contribution in [0.1, 0.15) is 12.6 Å². The van der Waals surface area contributed by atoms with Gasteiger partial charge in [-0.05, 0) is 14.0 Å². The van der Waals surface area contributed by atoms with Crippen LogP contribution < -0.4 is 5.73 Å². The van der Waals surface area contributed by atoms with Gasteiger partial charge in [-0.15, -0.1) is 5.10 Å². The maximum Gasteiger partial charge on any atom is 0.0966 e. The van der Waals surface area contributed by atoms with E-state index in [-0.39, 0.29) is 6.04 Å². The van der Waals surface area contributed by atoms with Gasteiger partial charge in [-0.2, -0.15) is 0 Å². The Kier molecular flexibility index (Phi) is 3.39. The van der Waals surface area contributed by atoms with E-state index in [4.69, 9.17) is 5.73 Å². The molecular formula is C8H17N5. The molecule has 0 spiro atoms. The smallest absolute Gasteiger partial charge is 0.0966 e. The predicted octanol–water partition coefficient (Wildman–Crippen LogP) is -0.406. The quantitative estimate of drug-likeness (QED) is 0.689. The lowest BCUT2D eigenvalue weighted by atomic mass is 10.3. The van der Waals surface area contributed by atoms with E-state index in [0.717, 1.165) is 18.8 Å². The van der Waals surface area contributed by atoms with Crippen molar-refractivity contribution >= 4 is 0 Å². The molecule has 1 atom stereocenters. The lowest BCUT2D eigenvalue weighted by molar-refractivity contribution is 0.306. The summed E-state index contributed by atoms with van der Waals surface area (Å²) < 4.78 is 1.70. The van der Waals surface area contributed by atoms with Gasteiger partial charge in [0.25, 0.3) is 0 Å². The van der Waals surface area contributed by atoms with E-state index in [2.05, 4.69) is 15.2 Å². The molecule has 0 saturated carbocycles. The number of rotatable bonds is 4. The average molecular weight is 183 g/mol. The number of nitrogens with two attached hydrogens (primary N) is 1. The molecule has 5 heteroatoms. The molecule has 2 N–H and O–H groups in total. The van der Waals surface area contributed by atoms with Crippen LogP contribution in [0.25, 0.3) is 0 Å². The van der Waals surface area contributed by atoms with E-state index in [1.54, 1.807) is 4.68 Å². The molecule has 1 heterocycles. The number of likely N-dealkylation sites (N-methyl/N-ethyl adjacent to an activating group) is 1. The lowest BCUT2D eigenvalue weighted by Gasteiger charge is -2.16. The molecule has 0 aromatic carbocycles. The number of hydrogen-bond donors (Lipinski definition) is 1. The van der Waals surface area contributed by atoms with Gasteiger partial charge < -0.3 is 5.73 Å². The van der Waals surface area contributed by atoms with Gasteiger partial charge in [0.15, 0.2) is 0 Å². The van der Waals surface area contributed by atoms with E-state index in [9.17, 15) is 0 Å². The summed E-state index contributed by atoms with van der Waals surface area (Å²) in [5.74, 6) is 0. The van der Waals surface area contributed by atoms with Crippen LogP contribution in [0.3, 0.4) is 0 Å². The van der Waals surface area contributed by atoms with Gasteiger partial charge in [-0.3, -0.25) is 9.58 Å². The molecule has 0 amide bonds. The summed E-state index contributed by atoms with van der Waals surface area (Å²) in [4.78, 5) is 2.13. The van der Waals surface area contributed by atoms with Crippen LogP contribution in [0.5, 0.6) is 0 Å². The highest BCUT2D eigenvalue weighted by molar-refractivity contribution is 4.91. The topological polar surface area (TPSA) is 60.0 Å². The van der Waals surface area contributed by atoms with Crippen molar-refractivity contribution in [1.82, 2.24) is 19.9 Å². The first-order valence-corrected chi connectivity index (χ1v) is 4.37. The van der Waals surface area contributed by atoms with Crippen molar-refractivity contribution in [3.05, 3.63) is 11.9 Å². The third-order valence-corrected chi connectivity index (χ3v) is 1.68. The average Bonchev–Trinajstić information content (AvgIpc) is 2.33. The summed E-state index contributed by atoms with van der Waals surface area (Å²) in [5, 5.41) is 7.85. The molecule has 0 aliphatic rings. The zero-order chi connectivity index (χ0) is 9.84. The summed E-state index contributed by atoms with van der Waals surface area (Å²) in [6.45, 7) is 3.67. The van der Waals surface area contributed by atoms with E-state index in [1.807, 2.05) is 27.2 Å². The van der Waals surface area contributed by atoms with Gasteiger partial charge in [-0.1, -0.05) is 5.21 Å². The van der Waals surface area contributed by atoms with Crippen molar-refractivity contribution in [2.24, 2.45) is 12.8 Å². The lowest BCUT2D eigenvalue weighted by Crippen LogP contribution is -2.32. The van der Waals surface area contributed by atoms with Crippen molar-refractivity contribution in [1.29, 1.82) is 0 Å². The van der Waals surface area contributed by atoms with E-state index >= 15 is 0 Å². The van der Waals surface area contributed by atoms with E-state index < -0.39 is 0 Å². The Balaban J connectivity index is 2.40.